The minimum Gasteiger partial charge on any atom is -0.456 e. The molecule has 0 saturated carbocycles. The normalized spacial score (nSPS) is 11.1. The molecule has 0 amide bonds. The molecule has 1 aromatic carbocycles. The Morgan fingerprint density at radius 2 is 2.12 bits per heavy atom. The highest BCUT2D eigenvalue weighted by Gasteiger charge is 2.00. The Morgan fingerprint density at radius 1 is 1.38 bits per heavy atom. The first-order valence-corrected chi connectivity index (χ1v) is 5.03. The predicted molar refractivity (Wildman–Crippen MR) is 66.3 cm³/mol. The lowest BCUT2D eigenvalue weighted by atomic mass is 10.2. The monoisotopic (exact) mass is 212 g/mol. The summed E-state index contributed by atoms with van der Waals surface area (Å²) in [5.41, 5.74) is 1.50. The molecule has 0 atom stereocenters. The van der Waals surface area contributed by atoms with Crippen LogP contribution in [0.5, 0.6) is 0 Å². The summed E-state index contributed by atoms with van der Waals surface area (Å²) in [5.74, 6) is 0.548. The maximum atomic E-state index is 11.7. The van der Waals surface area contributed by atoms with E-state index in [-0.39, 0.29) is 5.43 Å². The molecule has 0 saturated heterocycles. The number of benzene rings is 1. The fourth-order valence-electron chi connectivity index (χ4n) is 1.43. The zero-order valence-electron chi connectivity index (χ0n) is 9.07. The van der Waals surface area contributed by atoms with E-state index in [1.54, 1.807) is 18.2 Å². The molecule has 0 spiro atoms. The lowest BCUT2D eigenvalue weighted by Crippen LogP contribution is -1.99. The van der Waals surface area contributed by atoms with Crippen LogP contribution in [0.15, 0.2) is 57.8 Å². The van der Waals surface area contributed by atoms with Crippen LogP contribution in [0.25, 0.3) is 17.0 Å². The minimum absolute atomic E-state index is 0.0248. The summed E-state index contributed by atoms with van der Waals surface area (Å²) in [5, 5.41) is 0.606. The zero-order chi connectivity index (χ0) is 11.5. The van der Waals surface area contributed by atoms with Crippen molar-refractivity contribution in [2.75, 3.05) is 0 Å². The molecule has 16 heavy (non-hydrogen) atoms. The van der Waals surface area contributed by atoms with Gasteiger partial charge in [-0.3, -0.25) is 4.79 Å². The zero-order valence-corrected chi connectivity index (χ0v) is 9.07. The largest absolute Gasteiger partial charge is 0.456 e. The van der Waals surface area contributed by atoms with Gasteiger partial charge in [0.15, 0.2) is 5.43 Å². The number of fused-ring (bicyclic) bond motifs is 1. The van der Waals surface area contributed by atoms with Crippen molar-refractivity contribution in [2.24, 2.45) is 0 Å². The fraction of sp³-hybridized carbons (Fsp3) is 0.0714. The highest BCUT2D eigenvalue weighted by atomic mass is 16.3. The molecule has 0 radical (unpaired) electrons. The fourth-order valence-corrected chi connectivity index (χ4v) is 1.43. The molecular weight excluding hydrogens is 200 g/mol. The van der Waals surface area contributed by atoms with Crippen molar-refractivity contribution < 1.29 is 4.42 Å². The Hall–Kier alpha value is -2.09. The van der Waals surface area contributed by atoms with Gasteiger partial charge >= 0.3 is 0 Å². The molecule has 0 aliphatic carbocycles. The van der Waals surface area contributed by atoms with Crippen molar-refractivity contribution in [3.05, 3.63) is 64.5 Å². The van der Waals surface area contributed by atoms with Crippen molar-refractivity contribution in [3.63, 3.8) is 0 Å². The van der Waals surface area contributed by atoms with Crippen LogP contribution in [0.3, 0.4) is 0 Å². The second-order valence-corrected chi connectivity index (χ2v) is 3.69. The molecule has 0 aliphatic rings. The van der Waals surface area contributed by atoms with Gasteiger partial charge in [0.2, 0.25) is 0 Å². The highest BCUT2D eigenvalue weighted by Crippen LogP contribution is 2.12. The molecule has 0 bridgehead atoms. The number of hydrogen-bond acceptors (Lipinski definition) is 2. The topological polar surface area (TPSA) is 30.2 Å². The number of hydrogen-bond donors (Lipinski definition) is 0. The standard InChI is InChI=1S/C14H12O2/c1-10(2)7-8-11-9-13(15)12-5-3-4-6-14(12)16-11/h3-9H,1H2,2H3. The summed E-state index contributed by atoms with van der Waals surface area (Å²) < 4.78 is 5.57. The predicted octanol–water partition coefficient (Wildman–Crippen LogP) is 3.38. The van der Waals surface area contributed by atoms with Crippen molar-refractivity contribution >= 4 is 17.0 Å². The molecule has 0 unspecified atom stereocenters. The third kappa shape index (κ3) is 2.11. The Kier molecular flexibility index (Phi) is 2.73. The molecule has 2 nitrogen and oxygen atoms in total. The third-order valence-electron chi connectivity index (χ3n) is 2.19. The van der Waals surface area contributed by atoms with Crippen molar-refractivity contribution in [3.8, 4) is 0 Å². The summed E-state index contributed by atoms with van der Waals surface area (Å²) >= 11 is 0. The molecule has 80 valence electrons. The van der Waals surface area contributed by atoms with E-state index >= 15 is 0 Å². The summed E-state index contributed by atoms with van der Waals surface area (Å²) in [4.78, 5) is 11.7. The Bertz CT molecular complexity index is 618. The van der Waals surface area contributed by atoms with Gasteiger partial charge in [0.05, 0.1) is 5.39 Å². The van der Waals surface area contributed by atoms with E-state index < -0.39 is 0 Å². The van der Waals surface area contributed by atoms with Crippen LogP contribution in [0.4, 0.5) is 0 Å². The lowest BCUT2D eigenvalue weighted by Gasteiger charge is -1.97. The molecule has 1 aromatic heterocycles. The van der Waals surface area contributed by atoms with Gasteiger partial charge in [0, 0.05) is 6.07 Å². The van der Waals surface area contributed by atoms with E-state index in [2.05, 4.69) is 6.58 Å². The average molecular weight is 212 g/mol. The molecule has 2 aromatic rings. The van der Waals surface area contributed by atoms with Crippen LogP contribution in [0, 0.1) is 0 Å². The number of rotatable bonds is 2. The molecular formula is C14H12O2. The maximum absolute atomic E-state index is 11.7. The second-order valence-electron chi connectivity index (χ2n) is 3.69. The smallest absolute Gasteiger partial charge is 0.193 e. The molecule has 0 aliphatic heterocycles. The minimum atomic E-state index is -0.0248. The van der Waals surface area contributed by atoms with Gasteiger partial charge < -0.3 is 4.42 Å². The summed E-state index contributed by atoms with van der Waals surface area (Å²) in [6.07, 6.45) is 3.56. The first-order chi connectivity index (χ1) is 7.66. The van der Waals surface area contributed by atoms with Gasteiger partial charge in [-0.25, -0.2) is 0 Å². The van der Waals surface area contributed by atoms with Crippen molar-refractivity contribution in [2.45, 2.75) is 6.92 Å². The van der Waals surface area contributed by atoms with Gasteiger partial charge in [0.1, 0.15) is 11.3 Å². The Labute approximate surface area is 93.5 Å². The quantitative estimate of drug-likeness (QED) is 0.714. The van der Waals surface area contributed by atoms with E-state index in [1.807, 2.05) is 25.1 Å². The van der Waals surface area contributed by atoms with Crippen molar-refractivity contribution in [1.29, 1.82) is 0 Å². The second kappa shape index (κ2) is 4.19. The van der Waals surface area contributed by atoms with Crippen LogP contribution < -0.4 is 5.43 Å². The first-order valence-electron chi connectivity index (χ1n) is 5.03. The molecule has 2 rings (SSSR count). The molecule has 0 N–H and O–H groups in total. The molecule has 0 fully saturated rings. The molecule has 1 heterocycles. The van der Waals surface area contributed by atoms with E-state index in [4.69, 9.17) is 4.42 Å². The SMILES string of the molecule is C=C(C)C=Cc1cc(=O)c2ccccc2o1. The Morgan fingerprint density at radius 3 is 2.88 bits per heavy atom. The van der Waals surface area contributed by atoms with E-state index in [9.17, 15) is 4.79 Å². The van der Waals surface area contributed by atoms with Crippen LogP contribution >= 0.6 is 0 Å². The Balaban J connectivity index is 2.58. The average Bonchev–Trinajstić information content (AvgIpc) is 2.26. The van der Waals surface area contributed by atoms with Crippen LogP contribution in [-0.2, 0) is 0 Å². The number of para-hydroxylation sites is 1. The highest BCUT2D eigenvalue weighted by molar-refractivity contribution is 5.76. The van der Waals surface area contributed by atoms with E-state index in [1.165, 1.54) is 6.07 Å². The summed E-state index contributed by atoms with van der Waals surface area (Å²) in [6.45, 7) is 5.63. The van der Waals surface area contributed by atoms with Gasteiger partial charge in [-0.15, -0.1) is 0 Å². The lowest BCUT2D eigenvalue weighted by molar-refractivity contribution is 0.591. The van der Waals surface area contributed by atoms with E-state index in [0.29, 0.717) is 16.7 Å². The summed E-state index contributed by atoms with van der Waals surface area (Å²) in [6, 6.07) is 8.70. The van der Waals surface area contributed by atoms with Gasteiger partial charge in [-0.2, -0.15) is 0 Å². The van der Waals surface area contributed by atoms with Crippen LogP contribution in [0.1, 0.15) is 12.7 Å². The van der Waals surface area contributed by atoms with Gasteiger partial charge in [-0.05, 0) is 25.1 Å². The van der Waals surface area contributed by atoms with Crippen LogP contribution in [-0.4, -0.2) is 0 Å². The third-order valence-corrected chi connectivity index (χ3v) is 2.19. The summed E-state index contributed by atoms with van der Waals surface area (Å²) in [7, 11) is 0. The van der Waals surface area contributed by atoms with Crippen LogP contribution in [0.2, 0.25) is 0 Å². The molecule has 2 heteroatoms. The maximum Gasteiger partial charge on any atom is 0.193 e. The van der Waals surface area contributed by atoms with E-state index in [0.717, 1.165) is 5.57 Å². The first kappa shape index (κ1) is 10.4. The van der Waals surface area contributed by atoms with Crippen molar-refractivity contribution in [1.82, 2.24) is 0 Å². The number of allylic oxidation sites excluding steroid dienone is 2. The van der Waals surface area contributed by atoms with Gasteiger partial charge in [-0.1, -0.05) is 30.4 Å². The van der Waals surface area contributed by atoms with Gasteiger partial charge in [0.25, 0.3) is 0 Å².